The summed E-state index contributed by atoms with van der Waals surface area (Å²) in [5.74, 6) is 1.58. The van der Waals surface area contributed by atoms with Crippen LogP contribution in [0.2, 0.25) is 0 Å². The predicted octanol–water partition coefficient (Wildman–Crippen LogP) is 3.46. The quantitative estimate of drug-likeness (QED) is 0.805. The van der Waals surface area contributed by atoms with Gasteiger partial charge in [0, 0.05) is 37.0 Å². The molecule has 0 saturated carbocycles. The van der Waals surface area contributed by atoms with Gasteiger partial charge in [0.2, 0.25) is 0 Å². The lowest BCUT2D eigenvalue weighted by Crippen LogP contribution is -2.54. The Morgan fingerprint density at radius 3 is 2.33 bits per heavy atom. The zero-order chi connectivity index (χ0) is 13.6. The fourth-order valence-corrected chi connectivity index (χ4v) is 2.34. The average Bonchev–Trinajstić information content (AvgIpc) is 2.43. The van der Waals surface area contributed by atoms with Gasteiger partial charge in [0.05, 0.1) is 5.69 Å². The van der Waals surface area contributed by atoms with Crippen molar-refractivity contribution < 1.29 is 4.52 Å². The lowest BCUT2D eigenvalue weighted by Gasteiger charge is -2.47. The van der Waals surface area contributed by atoms with Crippen LogP contribution in [0.1, 0.15) is 58.9 Å². The third-order valence-corrected chi connectivity index (χ3v) is 3.53. The van der Waals surface area contributed by atoms with Crippen LogP contribution in [0.25, 0.3) is 0 Å². The molecule has 1 fully saturated rings. The summed E-state index contributed by atoms with van der Waals surface area (Å²) in [7, 11) is 0. The van der Waals surface area contributed by atoms with E-state index in [-0.39, 0.29) is 11.0 Å². The van der Waals surface area contributed by atoms with E-state index in [1.54, 1.807) is 0 Å². The highest BCUT2D eigenvalue weighted by atomic mass is 16.5. The van der Waals surface area contributed by atoms with Crippen LogP contribution in [0.3, 0.4) is 0 Å². The van der Waals surface area contributed by atoms with Gasteiger partial charge in [0.25, 0.3) is 0 Å². The van der Waals surface area contributed by atoms with Gasteiger partial charge in [-0.3, -0.25) is 4.90 Å². The van der Waals surface area contributed by atoms with E-state index in [0.29, 0.717) is 5.92 Å². The summed E-state index contributed by atoms with van der Waals surface area (Å²) in [5.41, 5.74) is 1.66. The topological polar surface area (TPSA) is 29.3 Å². The summed E-state index contributed by atoms with van der Waals surface area (Å²) in [6, 6.07) is 2.15. The van der Waals surface area contributed by atoms with Gasteiger partial charge in [0.1, 0.15) is 5.76 Å². The highest BCUT2D eigenvalue weighted by Gasteiger charge is 2.36. The smallest absolute Gasteiger partial charge is 0.137 e. The first kappa shape index (κ1) is 13.6. The lowest BCUT2D eigenvalue weighted by atomic mass is 9.88. The number of nitrogens with zero attached hydrogens (tertiary/aromatic N) is 2. The average molecular weight is 250 g/mol. The summed E-state index contributed by atoms with van der Waals surface area (Å²) < 4.78 is 5.45. The Hall–Kier alpha value is -0.830. The SMILES string of the molecule is CC(C)(C)Cc1cc(C2CN(C(C)(C)C)C2)no1. The third kappa shape index (κ3) is 3.14. The second-order valence-corrected chi connectivity index (χ2v) is 7.73. The Labute approximate surface area is 111 Å². The van der Waals surface area contributed by atoms with Gasteiger partial charge in [0.15, 0.2) is 0 Å². The van der Waals surface area contributed by atoms with E-state index in [0.717, 1.165) is 31.0 Å². The Morgan fingerprint density at radius 1 is 1.22 bits per heavy atom. The van der Waals surface area contributed by atoms with Crippen molar-refractivity contribution in [2.45, 2.75) is 59.4 Å². The van der Waals surface area contributed by atoms with Gasteiger partial charge in [-0.15, -0.1) is 0 Å². The molecule has 0 bridgehead atoms. The highest BCUT2D eigenvalue weighted by molar-refractivity contribution is 5.16. The van der Waals surface area contributed by atoms with Crippen LogP contribution in [-0.4, -0.2) is 28.7 Å². The zero-order valence-electron chi connectivity index (χ0n) is 12.6. The Bertz CT molecular complexity index is 403. The number of hydrogen-bond donors (Lipinski definition) is 0. The van der Waals surface area contributed by atoms with E-state index in [9.17, 15) is 0 Å². The van der Waals surface area contributed by atoms with Gasteiger partial charge >= 0.3 is 0 Å². The molecule has 3 heteroatoms. The lowest BCUT2D eigenvalue weighted by molar-refractivity contribution is 0.0445. The molecule has 1 aliphatic rings. The fourth-order valence-electron chi connectivity index (χ4n) is 2.34. The Kier molecular flexibility index (Phi) is 3.30. The first-order chi connectivity index (χ1) is 8.15. The van der Waals surface area contributed by atoms with Crippen molar-refractivity contribution >= 4 is 0 Å². The van der Waals surface area contributed by atoms with Gasteiger partial charge in [-0.25, -0.2) is 0 Å². The van der Waals surface area contributed by atoms with Crippen molar-refractivity contribution in [3.63, 3.8) is 0 Å². The van der Waals surface area contributed by atoms with E-state index >= 15 is 0 Å². The van der Waals surface area contributed by atoms with Crippen molar-refractivity contribution in [1.82, 2.24) is 10.1 Å². The molecule has 1 aromatic rings. The molecule has 1 aliphatic heterocycles. The van der Waals surface area contributed by atoms with Gasteiger partial charge in [-0.1, -0.05) is 25.9 Å². The molecule has 0 spiro atoms. The predicted molar refractivity (Wildman–Crippen MR) is 73.7 cm³/mol. The molecule has 0 radical (unpaired) electrons. The molecular formula is C15H26N2O. The van der Waals surface area contributed by atoms with Crippen LogP contribution >= 0.6 is 0 Å². The third-order valence-electron chi connectivity index (χ3n) is 3.53. The number of likely N-dealkylation sites (tertiary alicyclic amines) is 1. The van der Waals surface area contributed by atoms with Crippen LogP contribution < -0.4 is 0 Å². The van der Waals surface area contributed by atoms with Crippen LogP contribution in [0, 0.1) is 5.41 Å². The molecule has 0 N–H and O–H groups in total. The van der Waals surface area contributed by atoms with Crippen molar-refractivity contribution in [3.8, 4) is 0 Å². The van der Waals surface area contributed by atoms with Crippen LogP contribution in [0.15, 0.2) is 10.6 Å². The molecule has 2 rings (SSSR count). The largest absolute Gasteiger partial charge is 0.361 e. The monoisotopic (exact) mass is 250 g/mol. The fraction of sp³-hybridized carbons (Fsp3) is 0.800. The van der Waals surface area contributed by atoms with Gasteiger partial charge in [-0.2, -0.15) is 0 Å². The van der Waals surface area contributed by atoms with Crippen LogP contribution in [0.4, 0.5) is 0 Å². The molecule has 0 aromatic carbocycles. The summed E-state index contributed by atoms with van der Waals surface area (Å²) in [6.45, 7) is 15.7. The maximum absolute atomic E-state index is 5.45. The normalized spacial score (nSPS) is 19.0. The second-order valence-electron chi connectivity index (χ2n) is 7.73. The van der Waals surface area contributed by atoms with E-state index in [4.69, 9.17) is 4.52 Å². The minimum atomic E-state index is 0.258. The maximum atomic E-state index is 5.45. The van der Waals surface area contributed by atoms with Crippen molar-refractivity contribution in [3.05, 3.63) is 17.5 Å². The maximum Gasteiger partial charge on any atom is 0.137 e. The standard InChI is InChI=1S/C15H26N2O/c1-14(2,3)8-12-7-13(16-18-12)11-9-17(10-11)15(4,5)6/h7,11H,8-10H2,1-6H3. The Morgan fingerprint density at radius 2 is 1.83 bits per heavy atom. The minimum absolute atomic E-state index is 0.258. The van der Waals surface area contributed by atoms with Gasteiger partial charge in [-0.05, 0) is 26.2 Å². The number of hydrogen-bond acceptors (Lipinski definition) is 3. The van der Waals surface area contributed by atoms with Crippen LogP contribution in [0.5, 0.6) is 0 Å². The van der Waals surface area contributed by atoms with Crippen LogP contribution in [-0.2, 0) is 6.42 Å². The molecule has 18 heavy (non-hydrogen) atoms. The number of aromatic nitrogens is 1. The molecule has 2 heterocycles. The molecule has 0 amide bonds. The minimum Gasteiger partial charge on any atom is -0.361 e. The second kappa shape index (κ2) is 4.37. The molecule has 1 aromatic heterocycles. The molecular weight excluding hydrogens is 224 g/mol. The summed E-state index contributed by atoms with van der Waals surface area (Å²) in [6.07, 6.45) is 0.954. The molecule has 3 nitrogen and oxygen atoms in total. The molecule has 0 aliphatic carbocycles. The first-order valence-electron chi connectivity index (χ1n) is 6.86. The first-order valence-corrected chi connectivity index (χ1v) is 6.86. The van der Waals surface area contributed by atoms with E-state index in [1.807, 2.05) is 0 Å². The van der Waals surface area contributed by atoms with Crippen molar-refractivity contribution in [1.29, 1.82) is 0 Å². The van der Waals surface area contributed by atoms with Crippen molar-refractivity contribution in [2.75, 3.05) is 13.1 Å². The highest BCUT2D eigenvalue weighted by Crippen LogP contribution is 2.32. The van der Waals surface area contributed by atoms with Gasteiger partial charge < -0.3 is 4.52 Å². The van der Waals surface area contributed by atoms with E-state index < -0.39 is 0 Å². The Balaban J connectivity index is 1.93. The molecule has 102 valence electrons. The zero-order valence-corrected chi connectivity index (χ0v) is 12.6. The van der Waals surface area contributed by atoms with E-state index in [1.165, 1.54) is 0 Å². The number of rotatable bonds is 2. The molecule has 0 atom stereocenters. The summed E-state index contributed by atoms with van der Waals surface area (Å²) >= 11 is 0. The van der Waals surface area contributed by atoms with E-state index in [2.05, 4.69) is 57.7 Å². The molecule has 1 saturated heterocycles. The van der Waals surface area contributed by atoms with Crippen molar-refractivity contribution in [2.24, 2.45) is 5.41 Å². The molecule has 0 unspecified atom stereocenters. The summed E-state index contributed by atoms with van der Waals surface area (Å²) in [4.78, 5) is 2.48. The summed E-state index contributed by atoms with van der Waals surface area (Å²) in [5, 5.41) is 4.24.